The van der Waals surface area contributed by atoms with E-state index in [1.165, 1.54) is 122 Å². The van der Waals surface area contributed by atoms with Crippen molar-refractivity contribution in [1.82, 2.24) is 0 Å². The monoisotopic (exact) mass is 540 g/mol. The summed E-state index contributed by atoms with van der Waals surface area (Å²) >= 11 is 3.14. The number of halogens is 1. The summed E-state index contributed by atoms with van der Waals surface area (Å²) in [6, 6.07) is 0. The average molecular weight is 541 g/mol. The zero-order valence-electron chi connectivity index (χ0n) is 21.1. The van der Waals surface area contributed by atoms with Crippen molar-refractivity contribution in [3.63, 3.8) is 0 Å². The fraction of sp³-hybridized carbons (Fsp3) is 1.00. The van der Waals surface area contributed by atoms with Gasteiger partial charge in [0, 0.05) is 0 Å². The molecule has 2 heteroatoms. The molecule has 0 atom stereocenters. The molecular weight excluding hydrogens is 482 g/mol. The van der Waals surface area contributed by atoms with E-state index in [9.17, 15) is 0 Å². The van der Waals surface area contributed by atoms with Crippen LogP contribution >= 0.6 is 26.3 Å². The molecule has 0 aromatic heterocycles. The van der Waals surface area contributed by atoms with E-state index in [1.54, 1.807) is 24.6 Å². The van der Waals surface area contributed by atoms with Crippen molar-refractivity contribution in [1.29, 1.82) is 0 Å². The Morgan fingerprint density at radius 2 is 0.552 bits per heavy atom. The van der Waals surface area contributed by atoms with E-state index >= 15 is 0 Å². The van der Waals surface area contributed by atoms with Gasteiger partial charge in [-0.25, -0.2) is 0 Å². The minimum absolute atomic E-state index is 1.37. The number of hydrogen-bond acceptors (Lipinski definition) is 0. The zero-order chi connectivity index (χ0) is 21.7. The molecule has 0 N–H and O–H groups in total. The van der Waals surface area contributed by atoms with E-state index in [2.05, 4.69) is 49.7 Å². The Balaban J connectivity index is 4.51. The van der Waals surface area contributed by atoms with Crippen molar-refractivity contribution in [2.75, 3.05) is 24.6 Å². The van der Waals surface area contributed by atoms with Crippen molar-refractivity contribution in [2.24, 2.45) is 0 Å². The third-order valence-electron chi connectivity index (χ3n) is 7.03. The molecule has 178 valence electrons. The predicted octanol–water partition coefficient (Wildman–Crippen LogP) is 11.4. The van der Waals surface area contributed by atoms with E-state index in [0.717, 1.165) is 0 Å². The van der Waals surface area contributed by atoms with Gasteiger partial charge in [0.1, 0.15) is 0 Å². The number of unbranched alkanes of at least 4 members (excludes halogenated alkanes) is 15. The van der Waals surface area contributed by atoms with Crippen LogP contribution in [0.1, 0.15) is 150 Å². The zero-order valence-corrected chi connectivity index (χ0v) is 24.1. The summed E-state index contributed by atoms with van der Waals surface area (Å²) in [5.41, 5.74) is 0. The van der Waals surface area contributed by atoms with E-state index in [-0.39, 0.29) is 0 Å². The van der Waals surface area contributed by atoms with Crippen LogP contribution in [-0.2, 0) is 0 Å². The molecule has 0 aromatic rings. The van der Waals surface area contributed by atoms with Crippen molar-refractivity contribution in [3.8, 4) is 0 Å². The summed E-state index contributed by atoms with van der Waals surface area (Å²) in [6.45, 7) is 9.44. The Morgan fingerprint density at radius 1 is 0.345 bits per heavy atom. The minimum atomic E-state index is -1.52. The van der Waals surface area contributed by atoms with E-state index < -0.39 is 4.25 Å². The second-order valence-electron chi connectivity index (χ2n) is 10.0. The van der Waals surface area contributed by atoms with Gasteiger partial charge in [0.2, 0.25) is 0 Å². The van der Waals surface area contributed by atoms with Crippen LogP contribution in [-0.4, -0.2) is 24.6 Å². The first-order valence-electron chi connectivity index (χ1n) is 13.8. The molecular formula is C27H58IP. The second-order valence-corrected chi connectivity index (χ2v) is 23.6. The summed E-state index contributed by atoms with van der Waals surface area (Å²) in [6.07, 6.45) is 34.2. The van der Waals surface area contributed by atoms with Crippen molar-refractivity contribution in [2.45, 2.75) is 150 Å². The van der Waals surface area contributed by atoms with Crippen LogP contribution in [0.25, 0.3) is 0 Å². The Kier molecular flexibility index (Phi) is 20.6. The third kappa shape index (κ3) is 16.5. The molecule has 0 saturated heterocycles. The van der Waals surface area contributed by atoms with Gasteiger partial charge >= 0.3 is 201 Å². The molecule has 0 nitrogen and oxygen atoms in total. The second kappa shape index (κ2) is 19.8. The fourth-order valence-electron chi connectivity index (χ4n) is 4.94. The van der Waals surface area contributed by atoms with Gasteiger partial charge in [0.05, 0.1) is 0 Å². The molecule has 0 aromatic carbocycles. The number of hydrogen-bond donors (Lipinski definition) is 0. The van der Waals surface area contributed by atoms with Gasteiger partial charge in [0.25, 0.3) is 0 Å². The molecule has 0 aliphatic rings. The molecule has 0 spiro atoms. The molecule has 29 heavy (non-hydrogen) atoms. The van der Waals surface area contributed by atoms with Crippen LogP contribution in [0, 0.1) is 0 Å². The maximum atomic E-state index is 3.14. The van der Waals surface area contributed by atoms with Crippen LogP contribution in [0.15, 0.2) is 0 Å². The molecule has 0 rings (SSSR count). The fourth-order valence-corrected chi connectivity index (χ4v) is 14.4. The van der Waals surface area contributed by atoms with Crippen LogP contribution in [0.2, 0.25) is 0 Å². The van der Waals surface area contributed by atoms with Crippen LogP contribution < -0.4 is 0 Å². The molecule has 0 unspecified atom stereocenters. The van der Waals surface area contributed by atoms with Crippen molar-refractivity contribution < 1.29 is 0 Å². The van der Waals surface area contributed by atoms with Crippen molar-refractivity contribution >= 4 is 26.3 Å². The first-order valence-corrected chi connectivity index (χ1v) is 19.5. The van der Waals surface area contributed by atoms with Gasteiger partial charge < -0.3 is 0 Å². The SMILES string of the molecule is CCCCCCCCCCCCP(I)(CCCCC)(CCCCC)CCCCC. The molecule has 0 bridgehead atoms. The number of rotatable bonds is 23. The van der Waals surface area contributed by atoms with Gasteiger partial charge in [-0.05, 0) is 0 Å². The molecule has 0 amide bonds. The van der Waals surface area contributed by atoms with E-state index in [1.807, 2.05) is 0 Å². The first-order chi connectivity index (χ1) is 14.0. The summed E-state index contributed by atoms with van der Waals surface area (Å²) < 4.78 is -1.52. The van der Waals surface area contributed by atoms with Gasteiger partial charge in [0.15, 0.2) is 0 Å². The van der Waals surface area contributed by atoms with E-state index in [0.29, 0.717) is 0 Å². The first kappa shape index (κ1) is 30.2. The normalized spacial score (nSPS) is 13.5. The Hall–Kier alpha value is 1.16. The van der Waals surface area contributed by atoms with Gasteiger partial charge in [-0.2, -0.15) is 0 Å². The van der Waals surface area contributed by atoms with Gasteiger partial charge in [-0.3, -0.25) is 0 Å². The Labute approximate surface area is 200 Å². The van der Waals surface area contributed by atoms with Gasteiger partial charge in [-0.15, -0.1) is 0 Å². The van der Waals surface area contributed by atoms with Crippen LogP contribution in [0.5, 0.6) is 0 Å². The Morgan fingerprint density at radius 3 is 0.862 bits per heavy atom. The molecule has 0 radical (unpaired) electrons. The average Bonchev–Trinajstić information content (AvgIpc) is 2.70. The summed E-state index contributed by atoms with van der Waals surface area (Å²) in [7, 11) is 0. The molecule has 0 aliphatic carbocycles. The van der Waals surface area contributed by atoms with Crippen LogP contribution in [0.4, 0.5) is 0 Å². The van der Waals surface area contributed by atoms with Crippen molar-refractivity contribution in [3.05, 3.63) is 0 Å². The topological polar surface area (TPSA) is 0 Å². The summed E-state index contributed by atoms with van der Waals surface area (Å²) in [5, 5.41) is 0. The van der Waals surface area contributed by atoms with E-state index in [4.69, 9.17) is 0 Å². The maximum absolute atomic E-state index is 3.14. The molecule has 0 heterocycles. The standard InChI is InChI=1S/C27H58IP/c1-5-9-13-14-15-16-17-18-19-23-27-29(28,24-20-10-6-2,25-21-11-7-3)26-22-12-8-4/h5-27H2,1-4H3. The van der Waals surface area contributed by atoms with Gasteiger partial charge in [-0.1, -0.05) is 0 Å². The molecule has 0 fully saturated rings. The summed E-state index contributed by atoms with van der Waals surface area (Å²) in [5.74, 6) is 0. The van der Waals surface area contributed by atoms with Crippen LogP contribution in [0.3, 0.4) is 0 Å². The third-order valence-corrected chi connectivity index (χ3v) is 18.6. The Bertz CT molecular complexity index is 312. The predicted molar refractivity (Wildman–Crippen MR) is 151 cm³/mol. The quantitative estimate of drug-likeness (QED) is 0.0687. The summed E-state index contributed by atoms with van der Waals surface area (Å²) in [4.78, 5) is 0. The molecule has 0 aliphatic heterocycles. The molecule has 0 saturated carbocycles.